The van der Waals surface area contributed by atoms with Crippen LogP contribution in [0.1, 0.15) is 0 Å². The molecule has 1 aromatic carbocycles. The number of hydrogen-bond donors (Lipinski definition) is 1. The van der Waals surface area contributed by atoms with Gasteiger partial charge in [-0.05, 0) is 30.3 Å². The third-order valence-electron chi connectivity index (χ3n) is 2.53. The largest absolute Gasteiger partial charge is 0.378 e. The molecule has 0 saturated carbocycles. The van der Waals surface area contributed by atoms with Crippen LogP contribution in [0.5, 0.6) is 0 Å². The molecule has 0 aliphatic rings. The molecule has 94 valence electrons. The van der Waals surface area contributed by atoms with E-state index >= 15 is 0 Å². The van der Waals surface area contributed by atoms with Crippen LogP contribution in [0.2, 0.25) is 0 Å². The van der Waals surface area contributed by atoms with Crippen LogP contribution < -0.4 is 10.2 Å². The van der Waals surface area contributed by atoms with E-state index in [0.29, 0.717) is 0 Å². The van der Waals surface area contributed by atoms with Crippen molar-refractivity contribution in [3.05, 3.63) is 42.7 Å². The van der Waals surface area contributed by atoms with Gasteiger partial charge in [-0.3, -0.25) is 9.48 Å². The molecule has 0 aliphatic heterocycles. The zero-order valence-electron chi connectivity index (χ0n) is 10.5. The molecular formula is C13H16N4O. The van der Waals surface area contributed by atoms with E-state index in [0.717, 1.165) is 11.4 Å². The normalized spacial score (nSPS) is 10.1. The summed E-state index contributed by atoms with van der Waals surface area (Å²) in [5.41, 5.74) is 1.89. The summed E-state index contributed by atoms with van der Waals surface area (Å²) in [5, 5.41) is 6.81. The highest BCUT2D eigenvalue weighted by atomic mass is 16.2. The van der Waals surface area contributed by atoms with Gasteiger partial charge in [0.25, 0.3) is 0 Å². The lowest BCUT2D eigenvalue weighted by Crippen LogP contribution is -2.19. The van der Waals surface area contributed by atoms with Gasteiger partial charge in [-0.2, -0.15) is 5.10 Å². The molecular weight excluding hydrogens is 228 g/mol. The predicted molar refractivity (Wildman–Crippen MR) is 71.6 cm³/mol. The number of carbonyl (C=O) groups excluding carboxylic acids is 1. The maximum absolute atomic E-state index is 11.7. The number of amides is 1. The molecule has 0 aliphatic carbocycles. The first-order chi connectivity index (χ1) is 8.65. The van der Waals surface area contributed by atoms with E-state index in [1.807, 2.05) is 43.3 Å². The van der Waals surface area contributed by atoms with Crippen molar-refractivity contribution in [2.24, 2.45) is 0 Å². The van der Waals surface area contributed by atoms with Crippen LogP contribution in [-0.2, 0) is 11.3 Å². The fourth-order valence-corrected chi connectivity index (χ4v) is 1.58. The van der Waals surface area contributed by atoms with Crippen molar-refractivity contribution in [3.63, 3.8) is 0 Å². The smallest absolute Gasteiger partial charge is 0.246 e. The Bertz CT molecular complexity index is 502. The van der Waals surface area contributed by atoms with E-state index in [1.54, 1.807) is 23.1 Å². The Morgan fingerprint density at radius 1 is 1.33 bits per heavy atom. The molecule has 0 atom stereocenters. The fourth-order valence-electron chi connectivity index (χ4n) is 1.58. The first-order valence-electron chi connectivity index (χ1n) is 5.70. The third kappa shape index (κ3) is 3.10. The van der Waals surface area contributed by atoms with E-state index in [9.17, 15) is 4.79 Å². The van der Waals surface area contributed by atoms with Gasteiger partial charge < -0.3 is 10.2 Å². The highest BCUT2D eigenvalue weighted by molar-refractivity contribution is 5.90. The molecule has 18 heavy (non-hydrogen) atoms. The molecule has 1 amide bonds. The standard InChI is InChI=1S/C13H16N4O/c1-16(2)12-6-4-11(5-7-12)15-13(18)10-17-9-3-8-14-17/h3-9H,10H2,1-2H3,(H,15,18). The van der Waals surface area contributed by atoms with E-state index in [1.165, 1.54) is 0 Å². The number of nitrogens with one attached hydrogen (secondary N) is 1. The Kier molecular flexibility index (Phi) is 3.62. The van der Waals surface area contributed by atoms with Crippen LogP contribution in [-0.4, -0.2) is 29.8 Å². The van der Waals surface area contributed by atoms with Crippen LogP contribution >= 0.6 is 0 Å². The number of benzene rings is 1. The maximum atomic E-state index is 11.7. The number of hydrogen-bond acceptors (Lipinski definition) is 3. The minimum Gasteiger partial charge on any atom is -0.378 e. The van der Waals surface area contributed by atoms with E-state index in [-0.39, 0.29) is 12.5 Å². The zero-order chi connectivity index (χ0) is 13.0. The van der Waals surface area contributed by atoms with E-state index in [4.69, 9.17) is 0 Å². The van der Waals surface area contributed by atoms with Crippen LogP contribution in [0.4, 0.5) is 11.4 Å². The van der Waals surface area contributed by atoms with Gasteiger partial charge in [0, 0.05) is 37.9 Å². The molecule has 0 bridgehead atoms. The van der Waals surface area contributed by atoms with Gasteiger partial charge in [-0.15, -0.1) is 0 Å². The Labute approximate surface area is 106 Å². The first kappa shape index (κ1) is 12.2. The summed E-state index contributed by atoms with van der Waals surface area (Å²) < 4.78 is 1.59. The molecule has 2 aromatic rings. The molecule has 1 aromatic heterocycles. The molecule has 1 heterocycles. The van der Waals surface area contributed by atoms with Gasteiger partial charge in [-0.25, -0.2) is 0 Å². The lowest BCUT2D eigenvalue weighted by Gasteiger charge is -2.13. The molecule has 0 radical (unpaired) electrons. The van der Waals surface area contributed by atoms with Gasteiger partial charge in [0.1, 0.15) is 6.54 Å². The van der Waals surface area contributed by atoms with Crippen molar-refractivity contribution >= 4 is 17.3 Å². The van der Waals surface area contributed by atoms with Crippen LogP contribution in [0, 0.1) is 0 Å². The first-order valence-corrected chi connectivity index (χ1v) is 5.70. The van der Waals surface area contributed by atoms with Crippen molar-refractivity contribution in [1.82, 2.24) is 9.78 Å². The summed E-state index contributed by atoms with van der Waals surface area (Å²) >= 11 is 0. The maximum Gasteiger partial charge on any atom is 0.246 e. The fraction of sp³-hybridized carbons (Fsp3) is 0.231. The summed E-state index contributed by atoms with van der Waals surface area (Å²) in [7, 11) is 3.95. The summed E-state index contributed by atoms with van der Waals surface area (Å²) in [6.45, 7) is 0.225. The van der Waals surface area contributed by atoms with Crippen molar-refractivity contribution in [3.8, 4) is 0 Å². The summed E-state index contributed by atoms with van der Waals surface area (Å²) in [5.74, 6) is -0.0868. The molecule has 5 heteroatoms. The summed E-state index contributed by atoms with van der Waals surface area (Å²) in [6.07, 6.45) is 3.41. The average Bonchev–Trinajstić information content (AvgIpc) is 2.82. The quantitative estimate of drug-likeness (QED) is 0.888. The highest BCUT2D eigenvalue weighted by Gasteiger charge is 2.03. The Morgan fingerprint density at radius 3 is 2.61 bits per heavy atom. The van der Waals surface area contributed by atoms with Gasteiger partial charge in [0.05, 0.1) is 0 Å². The van der Waals surface area contributed by atoms with E-state index in [2.05, 4.69) is 10.4 Å². The second kappa shape index (κ2) is 5.35. The topological polar surface area (TPSA) is 50.2 Å². The summed E-state index contributed by atoms with van der Waals surface area (Å²) in [6, 6.07) is 9.48. The monoisotopic (exact) mass is 244 g/mol. The number of carbonyl (C=O) groups is 1. The number of aromatic nitrogens is 2. The minimum atomic E-state index is -0.0868. The van der Waals surface area contributed by atoms with Crippen LogP contribution in [0.25, 0.3) is 0 Å². The zero-order valence-corrected chi connectivity index (χ0v) is 10.5. The number of anilines is 2. The second-order valence-corrected chi connectivity index (χ2v) is 4.19. The van der Waals surface area contributed by atoms with Crippen molar-refractivity contribution in [1.29, 1.82) is 0 Å². The predicted octanol–water partition coefficient (Wildman–Crippen LogP) is 1.59. The lowest BCUT2D eigenvalue weighted by atomic mass is 10.2. The average molecular weight is 244 g/mol. The molecule has 2 rings (SSSR count). The van der Waals surface area contributed by atoms with Crippen molar-refractivity contribution in [2.45, 2.75) is 6.54 Å². The van der Waals surface area contributed by atoms with Gasteiger partial charge in [-0.1, -0.05) is 0 Å². The summed E-state index contributed by atoms with van der Waals surface area (Å²) in [4.78, 5) is 13.7. The van der Waals surface area contributed by atoms with E-state index < -0.39 is 0 Å². The minimum absolute atomic E-state index is 0.0868. The van der Waals surface area contributed by atoms with Crippen LogP contribution in [0.3, 0.4) is 0 Å². The third-order valence-corrected chi connectivity index (χ3v) is 2.53. The van der Waals surface area contributed by atoms with Gasteiger partial charge in [0.15, 0.2) is 0 Å². The van der Waals surface area contributed by atoms with Gasteiger partial charge in [0.2, 0.25) is 5.91 Å². The number of nitrogens with zero attached hydrogens (tertiary/aromatic N) is 3. The second-order valence-electron chi connectivity index (χ2n) is 4.19. The molecule has 1 N–H and O–H groups in total. The van der Waals surface area contributed by atoms with Crippen molar-refractivity contribution < 1.29 is 4.79 Å². The molecule has 0 fully saturated rings. The SMILES string of the molecule is CN(C)c1ccc(NC(=O)Cn2cccn2)cc1. The Hall–Kier alpha value is -2.30. The molecule has 0 unspecified atom stereocenters. The highest BCUT2D eigenvalue weighted by Crippen LogP contribution is 2.15. The number of rotatable bonds is 4. The van der Waals surface area contributed by atoms with Crippen LogP contribution in [0.15, 0.2) is 42.7 Å². The Morgan fingerprint density at radius 2 is 2.06 bits per heavy atom. The van der Waals surface area contributed by atoms with Gasteiger partial charge >= 0.3 is 0 Å². The molecule has 0 spiro atoms. The lowest BCUT2D eigenvalue weighted by molar-refractivity contribution is -0.116. The Balaban J connectivity index is 1.95. The molecule has 5 nitrogen and oxygen atoms in total. The van der Waals surface area contributed by atoms with Crippen molar-refractivity contribution in [2.75, 3.05) is 24.3 Å². The molecule has 0 saturated heterocycles.